The van der Waals surface area contributed by atoms with Crippen molar-refractivity contribution in [1.29, 1.82) is 0 Å². The molecular weight excluding hydrogens is 384 g/mol. The van der Waals surface area contributed by atoms with Crippen LogP contribution in [0.25, 0.3) is 0 Å². The van der Waals surface area contributed by atoms with E-state index in [1.807, 2.05) is 18.2 Å². The molecule has 3 heterocycles. The van der Waals surface area contributed by atoms with Gasteiger partial charge in [-0.1, -0.05) is 11.6 Å². The molecule has 2 aliphatic heterocycles. The van der Waals surface area contributed by atoms with Gasteiger partial charge in [0.2, 0.25) is 0 Å². The average molecular weight is 415 g/mol. The largest absolute Gasteiger partial charge is 0.369 e. The number of anilines is 1. The second-order valence-corrected chi connectivity index (χ2v) is 8.45. The molecule has 1 aromatic carbocycles. The van der Waals surface area contributed by atoms with Gasteiger partial charge in [0.25, 0.3) is 5.91 Å². The summed E-state index contributed by atoms with van der Waals surface area (Å²) in [7, 11) is 0. The lowest BCUT2D eigenvalue weighted by Gasteiger charge is -2.36. The summed E-state index contributed by atoms with van der Waals surface area (Å²) in [6.45, 7) is 10.1. The van der Waals surface area contributed by atoms with E-state index in [0.717, 1.165) is 82.2 Å². The van der Waals surface area contributed by atoms with Crippen molar-refractivity contribution in [2.45, 2.75) is 32.7 Å². The molecule has 1 saturated heterocycles. The fourth-order valence-electron chi connectivity index (χ4n) is 4.56. The van der Waals surface area contributed by atoms with Crippen LogP contribution in [0.2, 0.25) is 5.02 Å². The van der Waals surface area contributed by atoms with Gasteiger partial charge in [-0.2, -0.15) is 0 Å². The van der Waals surface area contributed by atoms with Crippen molar-refractivity contribution < 1.29 is 4.79 Å². The number of aromatic nitrogens is 1. The first-order valence-corrected chi connectivity index (χ1v) is 11.2. The van der Waals surface area contributed by atoms with Gasteiger partial charge in [-0.05, 0) is 63.1 Å². The Morgan fingerprint density at radius 1 is 0.966 bits per heavy atom. The van der Waals surface area contributed by atoms with Gasteiger partial charge in [0, 0.05) is 68.4 Å². The van der Waals surface area contributed by atoms with Crippen LogP contribution < -0.4 is 4.90 Å². The summed E-state index contributed by atoms with van der Waals surface area (Å²) in [6.07, 6.45) is 5.16. The van der Waals surface area contributed by atoms with Gasteiger partial charge in [-0.15, -0.1) is 0 Å². The second kappa shape index (κ2) is 9.23. The zero-order valence-corrected chi connectivity index (χ0v) is 18.1. The van der Waals surface area contributed by atoms with Crippen molar-refractivity contribution in [2.75, 3.05) is 50.7 Å². The van der Waals surface area contributed by atoms with Gasteiger partial charge in [0.15, 0.2) is 0 Å². The molecule has 0 radical (unpaired) electrons. The Morgan fingerprint density at radius 2 is 1.72 bits per heavy atom. The number of halogens is 1. The highest BCUT2D eigenvalue weighted by molar-refractivity contribution is 6.30. The van der Waals surface area contributed by atoms with Crippen molar-refractivity contribution in [3.05, 3.63) is 52.8 Å². The normalized spacial score (nSPS) is 18.1. The van der Waals surface area contributed by atoms with Crippen LogP contribution in [0.5, 0.6) is 0 Å². The third kappa shape index (κ3) is 4.62. The fourth-order valence-corrected chi connectivity index (χ4v) is 4.69. The lowest BCUT2D eigenvalue weighted by atomic mass is 10.2. The van der Waals surface area contributed by atoms with Crippen molar-refractivity contribution >= 4 is 23.2 Å². The van der Waals surface area contributed by atoms with Crippen molar-refractivity contribution in [1.82, 2.24) is 14.4 Å². The molecule has 0 bridgehead atoms. The number of fused-ring (bicyclic) bond motifs is 1. The zero-order chi connectivity index (χ0) is 20.2. The molecule has 0 unspecified atom stereocenters. The van der Waals surface area contributed by atoms with E-state index in [-0.39, 0.29) is 5.91 Å². The highest BCUT2D eigenvalue weighted by Gasteiger charge is 2.25. The highest BCUT2D eigenvalue weighted by atomic mass is 35.5. The van der Waals surface area contributed by atoms with E-state index in [1.54, 1.807) is 0 Å². The predicted molar refractivity (Wildman–Crippen MR) is 119 cm³/mol. The van der Waals surface area contributed by atoms with Crippen molar-refractivity contribution in [3.8, 4) is 0 Å². The number of rotatable bonds is 6. The Hall–Kier alpha value is -1.98. The second-order valence-electron chi connectivity index (χ2n) is 8.02. The minimum atomic E-state index is 0.220. The number of carbonyl (C=O) groups is 1. The van der Waals surface area contributed by atoms with Crippen molar-refractivity contribution in [2.24, 2.45) is 0 Å². The van der Waals surface area contributed by atoms with Gasteiger partial charge >= 0.3 is 0 Å². The van der Waals surface area contributed by atoms with Crippen LogP contribution in [0.3, 0.4) is 0 Å². The maximum absolute atomic E-state index is 13.0. The Morgan fingerprint density at radius 3 is 2.45 bits per heavy atom. The van der Waals surface area contributed by atoms with Gasteiger partial charge in [-0.25, -0.2) is 0 Å². The molecule has 0 spiro atoms. The number of aryl methyl sites for hydroxylation is 1. The molecule has 0 N–H and O–H groups in total. The molecule has 6 heteroatoms. The van der Waals surface area contributed by atoms with E-state index >= 15 is 0 Å². The third-order valence-corrected chi connectivity index (χ3v) is 6.50. The average Bonchev–Trinajstić information content (AvgIpc) is 3.09. The number of carbonyl (C=O) groups excluding carboxylic acids is 1. The Bertz CT molecular complexity index is 824. The molecule has 4 rings (SSSR count). The van der Waals surface area contributed by atoms with E-state index in [9.17, 15) is 4.79 Å². The zero-order valence-electron chi connectivity index (χ0n) is 17.3. The van der Waals surface area contributed by atoms with Crippen LogP contribution in [0.15, 0.2) is 36.5 Å². The number of hydrogen-bond acceptors (Lipinski definition) is 3. The first-order valence-electron chi connectivity index (χ1n) is 10.9. The topological polar surface area (TPSA) is 31.7 Å². The number of amides is 1. The standard InChI is InChI=1S/C23H31ClN4O/c1-2-26-14-10-21-22(26)5-3-12-28(23(21)29)13-4-11-25-15-17-27(18-16-25)20-8-6-19(24)7-9-20/h6-10,14H,2-5,11-13,15-18H2,1H3. The van der Waals surface area contributed by atoms with E-state index in [0.29, 0.717) is 0 Å². The smallest absolute Gasteiger partial charge is 0.255 e. The van der Waals surface area contributed by atoms with E-state index in [1.165, 1.54) is 11.4 Å². The summed E-state index contributed by atoms with van der Waals surface area (Å²) >= 11 is 6.00. The fraction of sp³-hybridized carbons (Fsp3) is 0.522. The molecule has 156 valence electrons. The lowest BCUT2D eigenvalue weighted by Crippen LogP contribution is -2.47. The molecule has 0 aliphatic carbocycles. The maximum atomic E-state index is 13.0. The van der Waals surface area contributed by atoms with Gasteiger partial charge in [-0.3, -0.25) is 9.69 Å². The first kappa shape index (κ1) is 20.3. The van der Waals surface area contributed by atoms with Crippen molar-refractivity contribution in [3.63, 3.8) is 0 Å². The van der Waals surface area contributed by atoms with Crippen LogP contribution in [0.1, 0.15) is 35.8 Å². The summed E-state index contributed by atoms with van der Waals surface area (Å²) in [6, 6.07) is 10.1. The summed E-state index contributed by atoms with van der Waals surface area (Å²) in [5.41, 5.74) is 3.39. The predicted octanol–water partition coefficient (Wildman–Crippen LogP) is 3.76. The van der Waals surface area contributed by atoms with Gasteiger partial charge < -0.3 is 14.4 Å². The number of hydrogen-bond donors (Lipinski definition) is 0. The van der Waals surface area contributed by atoms with E-state index in [2.05, 4.69) is 44.5 Å². The third-order valence-electron chi connectivity index (χ3n) is 6.25. The molecule has 0 saturated carbocycles. The Labute approximate surface area is 178 Å². The Balaban J connectivity index is 1.24. The summed E-state index contributed by atoms with van der Waals surface area (Å²) in [4.78, 5) is 20.0. The van der Waals surface area contributed by atoms with Gasteiger partial charge in [0.05, 0.1) is 5.56 Å². The molecule has 5 nitrogen and oxygen atoms in total. The molecule has 1 fully saturated rings. The maximum Gasteiger partial charge on any atom is 0.255 e. The summed E-state index contributed by atoms with van der Waals surface area (Å²) < 4.78 is 2.22. The summed E-state index contributed by atoms with van der Waals surface area (Å²) in [5.74, 6) is 0.220. The van der Waals surface area contributed by atoms with E-state index in [4.69, 9.17) is 11.6 Å². The number of benzene rings is 1. The SMILES string of the molecule is CCn1ccc2c1CCCN(CCCN1CCN(c3ccc(Cl)cc3)CC1)C2=O. The van der Waals surface area contributed by atoms with Crippen LogP contribution >= 0.6 is 11.6 Å². The monoisotopic (exact) mass is 414 g/mol. The molecule has 1 amide bonds. The molecular formula is C23H31ClN4O. The number of nitrogens with zero attached hydrogens (tertiary/aromatic N) is 4. The summed E-state index contributed by atoms with van der Waals surface area (Å²) in [5, 5.41) is 0.786. The molecule has 2 aromatic rings. The van der Waals surface area contributed by atoms with Crippen LogP contribution in [0.4, 0.5) is 5.69 Å². The lowest BCUT2D eigenvalue weighted by molar-refractivity contribution is 0.0753. The van der Waals surface area contributed by atoms with Gasteiger partial charge in [0.1, 0.15) is 0 Å². The van der Waals surface area contributed by atoms with Crippen LogP contribution in [-0.2, 0) is 13.0 Å². The molecule has 2 aliphatic rings. The minimum Gasteiger partial charge on any atom is -0.369 e. The minimum absolute atomic E-state index is 0.220. The first-order chi connectivity index (χ1) is 14.2. The van der Waals surface area contributed by atoms with Crippen LogP contribution in [0, 0.1) is 0 Å². The quantitative estimate of drug-likeness (QED) is 0.721. The molecule has 0 atom stereocenters. The Kier molecular flexibility index (Phi) is 6.46. The highest BCUT2D eigenvalue weighted by Crippen LogP contribution is 2.21. The molecule has 1 aromatic heterocycles. The van der Waals surface area contributed by atoms with E-state index < -0.39 is 0 Å². The molecule has 29 heavy (non-hydrogen) atoms. The number of piperazine rings is 1. The van der Waals surface area contributed by atoms with Crippen LogP contribution in [-0.4, -0.2) is 66.1 Å².